The summed E-state index contributed by atoms with van der Waals surface area (Å²) in [5, 5.41) is 22.8. The van der Waals surface area contributed by atoms with Crippen molar-refractivity contribution in [2.45, 2.75) is 75.1 Å². The fourth-order valence-corrected chi connectivity index (χ4v) is 9.26. The minimum atomic E-state index is -1.07. The van der Waals surface area contributed by atoms with Crippen LogP contribution in [0, 0.1) is 5.82 Å². The van der Waals surface area contributed by atoms with Crippen LogP contribution in [0.15, 0.2) is 152 Å². The Bertz CT molecular complexity index is 2570. The van der Waals surface area contributed by atoms with Gasteiger partial charge < -0.3 is 29.5 Å². The van der Waals surface area contributed by atoms with Gasteiger partial charge in [-0.05, 0) is 100 Å². The number of aliphatic hydroxyl groups is 1. The molecule has 7 atom stereocenters. The molecule has 9 nitrogen and oxygen atoms in total. The molecule has 0 bridgehead atoms. The lowest BCUT2D eigenvalue weighted by Gasteiger charge is -2.48. The van der Waals surface area contributed by atoms with E-state index in [9.17, 15) is 29.0 Å². The summed E-state index contributed by atoms with van der Waals surface area (Å²) in [4.78, 5) is 42.6. The average molecular weight is 987 g/mol. The Morgan fingerprint density at radius 3 is 1.61 bits per heavy atom. The topological polar surface area (TPSA) is 117 Å². The number of hydrogen-bond acceptors (Lipinski definition) is 6. The highest BCUT2D eigenvalue weighted by atomic mass is 35.5. The van der Waals surface area contributed by atoms with Crippen LogP contribution in [0.4, 0.5) is 4.39 Å². The van der Waals surface area contributed by atoms with Crippen molar-refractivity contribution in [1.82, 2.24) is 9.80 Å². The molecule has 2 amide bonds. The van der Waals surface area contributed by atoms with Gasteiger partial charge in [0.05, 0.1) is 24.7 Å². The molecule has 2 aliphatic heterocycles. The van der Waals surface area contributed by atoms with Gasteiger partial charge in [-0.3, -0.25) is 9.59 Å². The van der Waals surface area contributed by atoms with Gasteiger partial charge in [0, 0.05) is 32.9 Å². The molecule has 2 fully saturated rings. The van der Waals surface area contributed by atoms with Crippen LogP contribution in [0.25, 0.3) is 0 Å². The first-order valence-corrected chi connectivity index (χ1v) is 23.4. The minimum absolute atomic E-state index is 0.166. The van der Waals surface area contributed by atoms with Crippen LogP contribution in [-0.2, 0) is 36.7 Å². The maximum atomic E-state index is 13.9. The molecule has 2 heterocycles. The van der Waals surface area contributed by atoms with Gasteiger partial charge in [0.25, 0.3) is 5.91 Å². The molecule has 2 aliphatic rings. The fourth-order valence-electron chi connectivity index (χ4n) is 8.76. The molecule has 8 rings (SSSR count). The fraction of sp³-hybridized carbons (Fsp3) is 0.264. The first kappa shape index (κ1) is 49.6. The van der Waals surface area contributed by atoms with Crippen molar-refractivity contribution in [2.75, 3.05) is 13.2 Å². The van der Waals surface area contributed by atoms with Crippen LogP contribution in [-0.4, -0.2) is 69.2 Å². The summed E-state index contributed by atoms with van der Waals surface area (Å²) >= 11 is 24.5. The number of benzene rings is 6. The van der Waals surface area contributed by atoms with Crippen LogP contribution in [0.1, 0.15) is 77.4 Å². The van der Waals surface area contributed by atoms with E-state index in [4.69, 9.17) is 55.9 Å². The lowest BCUT2D eigenvalue weighted by atomic mass is 9.89. The van der Waals surface area contributed by atoms with Crippen LogP contribution < -0.4 is 0 Å². The predicted molar refractivity (Wildman–Crippen MR) is 259 cm³/mol. The summed E-state index contributed by atoms with van der Waals surface area (Å²) in [7, 11) is 0. The second kappa shape index (κ2) is 23.1. The molecule has 14 heteroatoms. The Hall–Kier alpha value is -5.30. The molecule has 67 heavy (non-hydrogen) atoms. The first-order valence-electron chi connectivity index (χ1n) is 21.9. The lowest BCUT2D eigenvalue weighted by Crippen LogP contribution is -2.56. The normalized spacial score (nSPS) is 20.4. The lowest BCUT2D eigenvalue weighted by molar-refractivity contribution is -0.181. The van der Waals surface area contributed by atoms with Gasteiger partial charge in [-0.25, -0.2) is 9.18 Å². The summed E-state index contributed by atoms with van der Waals surface area (Å²) in [5.74, 6) is -1.99. The van der Waals surface area contributed by atoms with E-state index in [1.165, 1.54) is 17.0 Å². The van der Waals surface area contributed by atoms with Gasteiger partial charge in [-0.1, -0.05) is 151 Å². The monoisotopic (exact) mass is 984 g/mol. The van der Waals surface area contributed by atoms with E-state index in [1.54, 1.807) is 77.7 Å². The number of carbonyl (C=O) groups excluding carboxylic acids is 2. The zero-order valence-corrected chi connectivity index (χ0v) is 39.5. The predicted octanol–water partition coefficient (Wildman–Crippen LogP) is 11.9. The molecule has 6 aromatic rings. The van der Waals surface area contributed by atoms with E-state index in [0.717, 1.165) is 39.8 Å². The zero-order chi connectivity index (χ0) is 47.6. The van der Waals surface area contributed by atoms with E-state index in [0.29, 0.717) is 26.5 Å². The Labute approximate surface area is 409 Å². The largest absolute Gasteiger partial charge is 0.480 e. The zero-order valence-electron chi connectivity index (χ0n) is 36.4. The summed E-state index contributed by atoms with van der Waals surface area (Å²) in [6.45, 7) is 1.65. The van der Waals surface area contributed by atoms with E-state index in [1.807, 2.05) is 73.7 Å². The van der Waals surface area contributed by atoms with Crippen molar-refractivity contribution in [3.05, 3.63) is 211 Å². The number of amides is 2. The standard InChI is InChI=1S/C28H28Cl2FNO3.C25H21Cl2NO4/c1-2-3-24(17-33)32-26(19-6-10-21(29)11-7-19)27(20-8-12-22(30)13-9-20)35-25(28(32)34)16-18-4-14-23(31)15-5-18;26-19-10-6-17(7-11-19)23-24(18-8-12-20(27)13-9-18)32-15-22(29)28(23)21(25(30)31)14-16-4-2-1-3-5-16/h4-15,24-27,33H,2-3,16-17H2,1H3;1-13,21,23-24H,14-15H2,(H,30,31)/t24-,25+,26-,27+;21-,23-,24+/m01/s1. The molecular formula is C53H49Cl4FN2O7. The highest BCUT2D eigenvalue weighted by Gasteiger charge is 2.47. The second-order valence-electron chi connectivity index (χ2n) is 16.4. The van der Waals surface area contributed by atoms with Gasteiger partial charge >= 0.3 is 5.97 Å². The van der Waals surface area contributed by atoms with Crippen molar-refractivity contribution in [1.29, 1.82) is 0 Å². The SMILES string of the molecule is CCC[C@@H](CO)N1C(=O)[C@@H](Cc2ccc(F)cc2)O[C@H](c2ccc(Cl)cc2)[C@@H]1c1ccc(Cl)cc1.O=C(O)[C@@H](Cc1ccccc1)N1C(=O)CO[C@@H](c2ccc(Cl)cc2)[C@H]1c1ccc(Cl)cc1. The van der Waals surface area contributed by atoms with Crippen LogP contribution >= 0.6 is 46.4 Å². The van der Waals surface area contributed by atoms with Crippen molar-refractivity contribution >= 4 is 64.2 Å². The van der Waals surface area contributed by atoms with Crippen LogP contribution in [0.3, 0.4) is 0 Å². The van der Waals surface area contributed by atoms with Gasteiger partial charge in [0.15, 0.2) is 0 Å². The molecule has 0 aliphatic carbocycles. The van der Waals surface area contributed by atoms with Gasteiger partial charge in [0.1, 0.15) is 36.8 Å². The van der Waals surface area contributed by atoms with Crippen LogP contribution in [0.2, 0.25) is 20.1 Å². The van der Waals surface area contributed by atoms with Crippen molar-refractivity contribution in [3.8, 4) is 0 Å². The molecule has 0 aromatic heterocycles. The van der Waals surface area contributed by atoms with Crippen molar-refractivity contribution in [2.24, 2.45) is 0 Å². The molecule has 0 radical (unpaired) electrons. The Morgan fingerprint density at radius 2 is 1.13 bits per heavy atom. The number of aliphatic hydroxyl groups excluding tert-OH is 1. The Kier molecular flexibility index (Phi) is 17.1. The third-order valence-electron chi connectivity index (χ3n) is 12.0. The summed E-state index contributed by atoms with van der Waals surface area (Å²) in [6, 6.07) is 41.7. The number of ether oxygens (including phenoxy) is 2. The molecule has 0 saturated carbocycles. The number of aliphatic carboxylic acids is 1. The highest BCUT2D eigenvalue weighted by molar-refractivity contribution is 6.31. The quantitative estimate of drug-likeness (QED) is 0.112. The summed E-state index contributed by atoms with van der Waals surface area (Å²) < 4.78 is 25.9. The second-order valence-corrected chi connectivity index (χ2v) is 18.2. The number of nitrogens with zero attached hydrogens (tertiary/aromatic N) is 2. The molecule has 0 spiro atoms. The van der Waals surface area contributed by atoms with Crippen molar-refractivity contribution in [3.63, 3.8) is 0 Å². The first-order chi connectivity index (χ1) is 32.3. The molecular weight excluding hydrogens is 937 g/mol. The number of carboxylic acids is 1. The maximum absolute atomic E-state index is 13.9. The minimum Gasteiger partial charge on any atom is -0.480 e. The number of carbonyl (C=O) groups is 3. The van der Waals surface area contributed by atoms with E-state index >= 15 is 0 Å². The van der Waals surface area contributed by atoms with Gasteiger partial charge in [-0.2, -0.15) is 0 Å². The number of morpholine rings is 2. The smallest absolute Gasteiger partial charge is 0.326 e. The Morgan fingerprint density at radius 1 is 0.657 bits per heavy atom. The number of hydrogen-bond donors (Lipinski definition) is 2. The highest BCUT2D eigenvalue weighted by Crippen LogP contribution is 2.45. The number of halogens is 5. The van der Waals surface area contributed by atoms with E-state index < -0.39 is 42.4 Å². The molecule has 348 valence electrons. The maximum Gasteiger partial charge on any atom is 0.326 e. The average Bonchev–Trinajstić information content (AvgIpc) is 3.33. The molecule has 0 unspecified atom stereocenters. The molecule has 6 aromatic carbocycles. The number of rotatable bonds is 14. The molecule has 2 saturated heterocycles. The summed E-state index contributed by atoms with van der Waals surface area (Å²) in [5.41, 5.74) is 4.89. The third-order valence-corrected chi connectivity index (χ3v) is 13.0. The third kappa shape index (κ3) is 12.2. The van der Waals surface area contributed by atoms with Gasteiger partial charge in [0.2, 0.25) is 5.91 Å². The van der Waals surface area contributed by atoms with E-state index in [2.05, 4.69) is 0 Å². The summed E-state index contributed by atoms with van der Waals surface area (Å²) in [6.07, 6.45) is 0.0404. The van der Waals surface area contributed by atoms with Crippen LogP contribution in [0.5, 0.6) is 0 Å². The Balaban J connectivity index is 0.000000200. The van der Waals surface area contributed by atoms with E-state index in [-0.39, 0.29) is 49.7 Å². The molecule has 2 N–H and O–H groups in total. The number of carboxylic acid groups (broad SMARTS) is 1. The van der Waals surface area contributed by atoms with Gasteiger partial charge in [-0.15, -0.1) is 0 Å². The van der Waals surface area contributed by atoms with Crippen molar-refractivity contribution < 1.29 is 38.5 Å².